The highest BCUT2D eigenvalue weighted by atomic mass is 35.5. The van der Waals surface area contributed by atoms with E-state index in [0.717, 1.165) is 18.2 Å². The third-order valence-corrected chi connectivity index (χ3v) is 7.06. The standard InChI is InChI=1S/C26H27ClN4O3/c1-16-6-5-7-17(2)30(16)15-14-23(32)34-26-20-9-4-3-8-19(20)25(33)31(26)22-13-11-18-10-12-21(27)28-24(18)29-22/h3-4,8-13,16-17,26H,5-7,14-15H2,1-2H3. The van der Waals surface area contributed by atoms with Gasteiger partial charge in [0.2, 0.25) is 6.23 Å². The summed E-state index contributed by atoms with van der Waals surface area (Å²) in [5.74, 6) is -0.244. The molecule has 1 saturated heterocycles. The van der Waals surface area contributed by atoms with E-state index in [9.17, 15) is 9.59 Å². The molecule has 1 amide bonds. The summed E-state index contributed by atoms with van der Waals surface area (Å²) in [5, 5.41) is 1.12. The number of aromatic nitrogens is 2. The first-order valence-corrected chi connectivity index (χ1v) is 12.1. The summed E-state index contributed by atoms with van der Waals surface area (Å²) in [5.41, 5.74) is 1.58. The minimum Gasteiger partial charge on any atom is -0.437 e. The van der Waals surface area contributed by atoms with Gasteiger partial charge >= 0.3 is 5.97 Å². The lowest BCUT2D eigenvalue weighted by molar-refractivity contribution is -0.149. The summed E-state index contributed by atoms with van der Waals surface area (Å²) >= 11 is 6.04. The summed E-state index contributed by atoms with van der Waals surface area (Å²) in [6.45, 7) is 5.06. The molecule has 0 aliphatic carbocycles. The number of pyridine rings is 2. The third-order valence-electron chi connectivity index (χ3n) is 6.85. The van der Waals surface area contributed by atoms with E-state index >= 15 is 0 Å². The Balaban J connectivity index is 1.40. The second-order valence-corrected chi connectivity index (χ2v) is 9.46. The molecule has 8 heteroatoms. The van der Waals surface area contributed by atoms with E-state index in [-0.39, 0.29) is 18.3 Å². The van der Waals surface area contributed by atoms with Gasteiger partial charge in [-0.2, -0.15) is 0 Å². The molecule has 5 rings (SSSR count). The van der Waals surface area contributed by atoms with Gasteiger partial charge in [0.25, 0.3) is 5.91 Å². The predicted octanol–water partition coefficient (Wildman–Crippen LogP) is 5.14. The van der Waals surface area contributed by atoms with Crippen LogP contribution in [0.1, 0.15) is 61.7 Å². The van der Waals surface area contributed by atoms with E-state index in [2.05, 4.69) is 28.7 Å². The fourth-order valence-electron chi connectivity index (χ4n) is 5.04. The number of likely N-dealkylation sites (tertiary alicyclic amines) is 1. The summed E-state index contributed by atoms with van der Waals surface area (Å²) in [6.07, 6.45) is 2.89. The first-order chi connectivity index (χ1) is 16.4. The maximum atomic E-state index is 13.3. The number of fused-ring (bicyclic) bond motifs is 2. The average Bonchev–Trinajstić information content (AvgIpc) is 3.09. The molecule has 0 spiro atoms. The van der Waals surface area contributed by atoms with Gasteiger partial charge in [0.05, 0.1) is 6.42 Å². The Kier molecular flexibility index (Phi) is 6.23. The fraction of sp³-hybridized carbons (Fsp3) is 0.385. The molecule has 0 saturated carbocycles. The topological polar surface area (TPSA) is 75.6 Å². The van der Waals surface area contributed by atoms with Crippen molar-refractivity contribution in [3.8, 4) is 0 Å². The van der Waals surface area contributed by atoms with Crippen LogP contribution in [0, 0.1) is 0 Å². The summed E-state index contributed by atoms with van der Waals surface area (Å²) in [6, 6.07) is 15.2. The molecule has 0 radical (unpaired) electrons. The van der Waals surface area contributed by atoms with Crippen molar-refractivity contribution in [2.45, 2.75) is 57.8 Å². The Bertz CT molecular complexity index is 1240. The van der Waals surface area contributed by atoms with Crippen molar-refractivity contribution < 1.29 is 14.3 Å². The smallest absolute Gasteiger partial charge is 0.309 e. The highest BCUT2D eigenvalue weighted by Crippen LogP contribution is 2.38. The van der Waals surface area contributed by atoms with Crippen LogP contribution in [0.25, 0.3) is 11.0 Å². The number of amides is 1. The van der Waals surface area contributed by atoms with Crippen LogP contribution in [0.5, 0.6) is 0 Å². The zero-order valence-corrected chi connectivity index (χ0v) is 20.0. The van der Waals surface area contributed by atoms with Crippen molar-refractivity contribution in [2.24, 2.45) is 0 Å². The number of carbonyl (C=O) groups is 2. The highest BCUT2D eigenvalue weighted by molar-refractivity contribution is 6.29. The molecule has 3 aromatic rings. The molecule has 2 aliphatic heterocycles. The molecule has 3 atom stereocenters. The zero-order chi connectivity index (χ0) is 23.8. The number of nitrogens with zero attached hydrogens (tertiary/aromatic N) is 4. The number of piperidine rings is 1. The van der Waals surface area contributed by atoms with E-state index in [1.807, 2.05) is 24.3 Å². The number of esters is 1. The van der Waals surface area contributed by atoms with Crippen LogP contribution < -0.4 is 4.90 Å². The largest absolute Gasteiger partial charge is 0.437 e. The lowest BCUT2D eigenvalue weighted by Crippen LogP contribution is -2.44. The van der Waals surface area contributed by atoms with Crippen LogP contribution in [0.2, 0.25) is 5.15 Å². The molecule has 176 valence electrons. The molecule has 1 fully saturated rings. The molecule has 2 aromatic heterocycles. The van der Waals surface area contributed by atoms with E-state index in [4.69, 9.17) is 16.3 Å². The number of halogens is 1. The summed E-state index contributed by atoms with van der Waals surface area (Å²) in [7, 11) is 0. The number of hydrogen-bond acceptors (Lipinski definition) is 6. The van der Waals surface area contributed by atoms with Gasteiger partial charge in [-0.05, 0) is 57.0 Å². The fourth-order valence-corrected chi connectivity index (χ4v) is 5.19. The Morgan fingerprint density at radius 3 is 2.59 bits per heavy atom. The average molecular weight is 479 g/mol. The first-order valence-electron chi connectivity index (χ1n) is 11.7. The van der Waals surface area contributed by atoms with E-state index in [0.29, 0.717) is 46.4 Å². The van der Waals surface area contributed by atoms with E-state index in [1.165, 1.54) is 11.3 Å². The molecule has 3 unspecified atom stereocenters. The second kappa shape index (κ2) is 9.31. The Labute approximate surface area is 203 Å². The van der Waals surface area contributed by atoms with Crippen LogP contribution >= 0.6 is 11.6 Å². The van der Waals surface area contributed by atoms with Gasteiger partial charge in [-0.1, -0.05) is 36.2 Å². The van der Waals surface area contributed by atoms with E-state index in [1.54, 1.807) is 24.3 Å². The van der Waals surface area contributed by atoms with Crippen LogP contribution in [-0.4, -0.2) is 45.4 Å². The summed E-state index contributed by atoms with van der Waals surface area (Å²) in [4.78, 5) is 38.9. The first kappa shape index (κ1) is 22.7. The Hall–Kier alpha value is -3.03. The molecule has 4 heterocycles. The van der Waals surface area contributed by atoms with Crippen molar-refractivity contribution in [1.29, 1.82) is 0 Å². The molecule has 0 N–H and O–H groups in total. The van der Waals surface area contributed by atoms with Gasteiger partial charge in [-0.3, -0.25) is 19.4 Å². The number of carbonyl (C=O) groups excluding carboxylic acids is 2. The lowest BCUT2D eigenvalue weighted by atomic mass is 9.97. The van der Waals surface area contributed by atoms with Gasteiger partial charge in [0.1, 0.15) is 11.0 Å². The quantitative estimate of drug-likeness (QED) is 0.373. The van der Waals surface area contributed by atoms with Gasteiger partial charge < -0.3 is 4.74 Å². The van der Waals surface area contributed by atoms with E-state index < -0.39 is 6.23 Å². The maximum Gasteiger partial charge on any atom is 0.309 e. The summed E-state index contributed by atoms with van der Waals surface area (Å²) < 4.78 is 5.93. The maximum absolute atomic E-state index is 13.3. The van der Waals surface area contributed by atoms with Gasteiger partial charge in [-0.25, -0.2) is 9.97 Å². The van der Waals surface area contributed by atoms with Crippen molar-refractivity contribution in [2.75, 3.05) is 11.4 Å². The number of benzene rings is 1. The van der Waals surface area contributed by atoms with Gasteiger partial charge in [0.15, 0.2) is 5.65 Å². The van der Waals surface area contributed by atoms with Crippen molar-refractivity contribution in [3.63, 3.8) is 0 Å². The van der Waals surface area contributed by atoms with Crippen LogP contribution in [-0.2, 0) is 9.53 Å². The van der Waals surface area contributed by atoms with Gasteiger partial charge in [-0.15, -0.1) is 0 Å². The number of ether oxygens (including phenoxy) is 1. The van der Waals surface area contributed by atoms with Crippen molar-refractivity contribution >= 4 is 40.3 Å². The molecule has 1 aromatic carbocycles. The zero-order valence-electron chi connectivity index (χ0n) is 19.3. The van der Waals surface area contributed by atoms with Crippen molar-refractivity contribution in [3.05, 3.63) is 64.8 Å². The van der Waals surface area contributed by atoms with Crippen molar-refractivity contribution in [1.82, 2.24) is 14.9 Å². The Morgan fingerprint density at radius 1 is 1.06 bits per heavy atom. The molecule has 2 aliphatic rings. The van der Waals surface area contributed by atoms with Gasteiger partial charge in [0, 0.05) is 35.1 Å². The molecular weight excluding hydrogens is 452 g/mol. The Morgan fingerprint density at radius 2 is 1.79 bits per heavy atom. The molecular formula is C26H27ClN4O3. The third kappa shape index (κ3) is 4.26. The second-order valence-electron chi connectivity index (χ2n) is 9.07. The molecule has 34 heavy (non-hydrogen) atoms. The minimum atomic E-state index is -0.878. The van der Waals surface area contributed by atoms with Crippen LogP contribution in [0.4, 0.5) is 5.82 Å². The van der Waals surface area contributed by atoms with Crippen LogP contribution in [0.15, 0.2) is 48.5 Å². The lowest BCUT2D eigenvalue weighted by Gasteiger charge is -2.38. The highest BCUT2D eigenvalue weighted by Gasteiger charge is 2.41. The number of anilines is 1. The SMILES string of the molecule is CC1CCCC(C)N1CCC(=O)OC1c2ccccc2C(=O)N1c1ccc2ccc(Cl)nc2n1. The number of hydrogen-bond donors (Lipinski definition) is 0. The predicted molar refractivity (Wildman–Crippen MR) is 131 cm³/mol. The minimum absolute atomic E-state index is 0.262. The monoisotopic (exact) mass is 478 g/mol. The normalized spacial score (nSPS) is 22.7. The van der Waals surface area contributed by atoms with Crippen LogP contribution in [0.3, 0.4) is 0 Å². The molecule has 0 bridgehead atoms. The number of rotatable bonds is 5. The molecule has 7 nitrogen and oxygen atoms in total.